The summed E-state index contributed by atoms with van der Waals surface area (Å²) in [5.41, 5.74) is 1.65. The van der Waals surface area contributed by atoms with Crippen LogP contribution >= 0.6 is 11.6 Å². The topological polar surface area (TPSA) is 71.2 Å². The number of amides is 1. The molecule has 0 saturated carbocycles. The molecule has 2 rings (SSSR count). The number of carbonyl (C=O) groups is 2. The first-order valence-corrected chi connectivity index (χ1v) is 6.77. The van der Waals surface area contributed by atoms with Crippen LogP contribution in [-0.4, -0.2) is 23.0 Å². The van der Waals surface area contributed by atoms with Crippen molar-refractivity contribution in [1.29, 1.82) is 0 Å². The highest BCUT2D eigenvalue weighted by Gasteiger charge is 2.20. The summed E-state index contributed by atoms with van der Waals surface area (Å²) in [6.07, 6.45) is 0.690. The molecule has 0 bridgehead atoms. The fourth-order valence-corrected chi connectivity index (χ4v) is 1.89. The second kappa shape index (κ2) is 6.45. The smallest absolute Gasteiger partial charge is 0.355 e. The number of hydrogen-bond acceptors (Lipinski definition) is 3. The first kappa shape index (κ1) is 15.1. The minimum atomic E-state index is -0.917. The number of aromatic amines is 1. The number of halogens is 1. The summed E-state index contributed by atoms with van der Waals surface area (Å²) in [6.45, 7) is 3.31. The molecular weight excluding hydrogens is 292 g/mol. The van der Waals surface area contributed by atoms with Crippen molar-refractivity contribution in [2.45, 2.75) is 20.0 Å². The Labute approximate surface area is 127 Å². The van der Waals surface area contributed by atoms with E-state index in [-0.39, 0.29) is 0 Å². The minimum absolute atomic E-state index is 0.300. The molecule has 1 aromatic heterocycles. The van der Waals surface area contributed by atoms with Gasteiger partial charge in [0.05, 0.1) is 0 Å². The monoisotopic (exact) mass is 306 g/mol. The molecule has 0 aliphatic heterocycles. The van der Waals surface area contributed by atoms with Crippen LogP contribution in [0.1, 0.15) is 23.0 Å². The average Bonchev–Trinajstić information content (AvgIpc) is 2.98. The van der Waals surface area contributed by atoms with Gasteiger partial charge in [-0.05, 0) is 43.7 Å². The largest absolute Gasteiger partial charge is 0.448 e. The van der Waals surface area contributed by atoms with Crippen LogP contribution in [0.4, 0.5) is 5.69 Å². The van der Waals surface area contributed by atoms with Crippen LogP contribution in [0.3, 0.4) is 0 Å². The van der Waals surface area contributed by atoms with Crippen LogP contribution < -0.4 is 5.32 Å². The van der Waals surface area contributed by atoms with Gasteiger partial charge in [-0.15, -0.1) is 0 Å². The van der Waals surface area contributed by atoms with Crippen LogP contribution in [-0.2, 0) is 9.53 Å². The molecular formula is C15H15ClN2O3. The van der Waals surface area contributed by atoms with Crippen molar-refractivity contribution in [3.8, 4) is 0 Å². The van der Waals surface area contributed by atoms with Crippen molar-refractivity contribution in [1.82, 2.24) is 4.98 Å². The van der Waals surface area contributed by atoms with Gasteiger partial charge in [0.2, 0.25) is 0 Å². The van der Waals surface area contributed by atoms with Gasteiger partial charge in [0.1, 0.15) is 5.69 Å². The van der Waals surface area contributed by atoms with Crippen LogP contribution in [0.25, 0.3) is 0 Å². The number of esters is 1. The molecule has 5 nitrogen and oxygen atoms in total. The van der Waals surface area contributed by atoms with Gasteiger partial charge in [0, 0.05) is 16.9 Å². The summed E-state index contributed by atoms with van der Waals surface area (Å²) in [4.78, 5) is 26.5. The maximum Gasteiger partial charge on any atom is 0.355 e. The lowest BCUT2D eigenvalue weighted by Gasteiger charge is -2.14. The van der Waals surface area contributed by atoms with Gasteiger partial charge >= 0.3 is 5.97 Å². The second-order valence-corrected chi connectivity index (χ2v) is 4.94. The zero-order valence-electron chi connectivity index (χ0n) is 11.6. The molecule has 21 heavy (non-hydrogen) atoms. The molecule has 1 aromatic carbocycles. The Kier molecular flexibility index (Phi) is 4.65. The molecule has 1 amide bonds. The van der Waals surface area contributed by atoms with Crippen molar-refractivity contribution < 1.29 is 14.3 Å². The zero-order valence-corrected chi connectivity index (χ0v) is 12.4. The van der Waals surface area contributed by atoms with E-state index in [4.69, 9.17) is 16.3 Å². The molecule has 0 aliphatic carbocycles. The third kappa shape index (κ3) is 3.64. The Morgan fingerprint density at radius 1 is 1.29 bits per heavy atom. The van der Waals surface area contributed by atoms with E-state index in [1.807, 2.05) is 0 Å². The Morgan fingerprint density at radius 3 is 2.71 bits per heavy atom. The second-order valence-electron chi connectivity index (χ2n) is 4.53. The van der Waals surface area contributed by atoms with Gasteiger partial charge < -0.3 is 15.0 Å². The normalized spacial score (nSPS) is 11.8. The number of carbonyl (C=O) groups excluding carboxylic acids is 2. The number of benzene rings is 1. The molecule has 0 unspecified atom stereocenters. The Balaban J connectivity index is 2.00. The van der Waals surface area contributed by atoms with Crippen LogP contribution in [0.2, 0.25) is 5.02 Å². The fraction of sp³-hybridized carbons (Fsp3) is 0.200. The van der Waals surface area contributed by atoms with E-state index in [9.17, 15) is 9.59 Å². The lowest BCUT2D eigenvalue weighted by Crippen LogP contribution is -2.30. The molecule has 0 saturated heterocycles. The van der Waals surface area contributed by atoms with Crippen LogP contribution in [0.15, 0.2) is 36.5 Å². The van der Waals surface area contributed by atoms with Crippen molar-refractivity contribution in [2.75, 3.05) is 5.32 Å². The lowest BCUT2D eigenvalue weighted by molar-refractivity contribution is -0.123. The van der Waals surface area contributed by atoms with Crippen molar-refractivity contribution >= 4 is 29.2 Å². The van der Waals surface area contributed by atoms with Gasteiger partial charge in [-0.2, -0.15) is 0 Å². The highest BCUT2D eigenvalue weighted by Crippen LogP contribution is 2.23. The fourth-order valence-electron chi connectivity index (χ4n) is 1.71. The van der Waals surface area contributed by atoms with E-state index in [0.717, 1.165) is 5.56 Å². The first-order valence-electron chi connectivity index (χ1n) is 6.39. The number of aromatic nitrogens is 1. The maximum absolute atomic E-state index is 12.0. The molecule has 6 heteroatoms. The van der Waals surface area contributed by atoms with Gasteiger partial charge in [-0.3, -0.25) is 4.79 Å². The van der Waals surface area contributed by atoms with Crippen molar-refractivity contribution in [3.05, 3.63) is 52.8 Å². The van der Waals surface area contributed by atoms with E-state index in [0.29, 0.717) is 16.4 Å². The van der Waals surface area contributed by atoms with E-state index in [2.05, 4.69) is 10.3 Å². The molecule has 110 valence electrons. The first-order chi connectivity index (χ1) is 9.99. The molecule has 0 fully saturated rings. The van der Waals surface area contributed by atoms with Gasteiger partial charge in [0.15, 0.2) is 6.10 Å². The summed E-state index contributed by atoms with van der Waals surface area (Å²) in [6, 6.07) is 8.46. The molecule has 1 atom stereocenters. The Bertz CT molecular complexity index is 653. The molecule has 0 spiro atoms. The number of H-pyrrole nitrogens is 1. The molecule has 2 aromatic rings. The third-order valence-electron chi connectivity index (χ3n) is 3.00. The number of nitrogens with one attached hydrogen (secondary N) is 2. The van der Waals surface area contributed by atoms with Gasteiger partial charge in [-0.25, -0.2) is 4.79 Å². The third-order valence-corrected chi connectivity index (χ3v) is 3.41. The van der Waals surface area contributed by atoms with E-state index >= 15 is 0 Å². The lowest BCUT2D eigenvalue weighted by atomic mass is 10.2. The molecule has 1 heterocycles. The molecule has 0 aliphatic rings. The SMILES string of the molecule is Cc1c(Cl)cccc1NC(=O)[C@H](C)OC(=O)c1ccc[nH]1. The highest BCUT2D eigenvalue weighted by molar-refractivity contribution is 6.31. The van der Waals surface area contributed by atoms with Crippen molar-refractivity contribution in [3.63, 3.8) is 0 Å². The highest BCUT2D eigenvalue weighted by atomic mass is 35.5. The van der Waals surface area contributed by atoms with Crippen LogP contribution in [0.5, 0.6) is 0 Å². The number of hydrogen-bond donors (Lipinski definition) is 2. The maximum atomic E-state index is 12.0. The van der Waals surface area contributed by atoms with E-state index < -0.39 is 18.0 Å². The van der Waals surface area contributed by atoms with Gasteiger partial charge in [-0.1, -0.05) is 17.7 Å². The number of ether oxygens (including phenoxy) is 1. The summed E-state index contributed by atoms with van der Waals surface area (Å²) >= 11 is 5.99. The quantitative estimate of drug-likeness (QED) is 0.852. The van der Waals surface area contributed by atoms with Crippen LogP contribution in [0, 0.1) is 6.92 Å². The summed E-state index contributed by atoms with van der Waals surface area (Å²) in [5, 5.41) is 3.25. The van der Waals surface area contributed by atoms with Gasteiger partial charge in [0.25, 0.3) is 5.91 Å². The minimum Gasteiger partial charge on any atom is -0.448 e. The number of rotatable bonds is 4. The summed E-state index contributed by atoms with van der Waals surface area (Å²) in [7, 11) is 0. The molecule has 2 N–H and O–H groups in total. The standard InChI is InChI=1S/C15H15ClN2O3/c1-9-11(16)5-3-6-12(9)18-14(19)10(2)21-15(20)13-7-4-8-17-13/h3-8,10,17H,1-2H3,(H,18,19)/t10-/m0/s1. The average molecular weight is 307 g/mol. The summed E-state index contributed by atoms with van der Waals surface area (Å²) < 4.78 is 5.08. The van der Waals surface area contributed by atoms with E-state index in [1.54, 1.807) is 43.5 Å². The summed E-state index contributed by atoms with van der Waals surface area (Å²) in [5.74, 6) is -0.995. The number of anilines is 1. The predicted octanol–water partition coefficient (Wildman–Crippen LogP) is 3.16. The van der Waals surface area contributed by atoms with E-state index in [1.165, 1.54) is 6.92 Å². The zero-order chi connectivity index (χ0) is 15.4. The predicted molar refractivity (Wildman–Crippen MR) is 80.5 cm³/mol. The van der Waals surface area contributed by atoms with Crippen molar-refractivity contribution in [2.24, 2.45) is 0 Å². The molecule has 0 radical (unpaired) electrons. The Morgan fingerprint density at radius 2 is 2.05 bits per heavy atom. The Hall–Kier alpha value is -2.27.